The van der Waals surface area contributed by atoms with Crippen LogP contribution in [0.4, 0.5) is 5.69 Å². The van der Waals surface area contributed by atoms with Gasteiger partial charge in [0, 0.05) is 31.4 Å². The first kappa shape index (κ1) is 12.4. The van der Waals surface area contributed by atoms with Crippen molar-refractivity contribution in [3.63, 3.8) is 0 Å². The number of hydrogen-bond acceptors (Lipinski definition) is 2. The summed E-state index contributed by atoms with van der Waals surface area (Å²) in [5, 5.41) is 3.51. The summed E-state index contributed by atoms with van der Waals surface area (Å²) in [5.41, 5.74) is 2.91. The predicted molar refractivity (Wildman–Crippen MR) is 74.7 cm³/mol. The Kier molecular flexibility index (Phi) is 4.06. The summed E-state index contributed by atoms with van der Waals surface area (Å²) in [6.07, 6.45) is 1.12. The van der Waals surface area contributed by atoms with E-state index in [0.717, 1.165) is 26.1 Å². The smallest absolute Gasteiger partial charge is 0.0438 e. The van der Waals surface area contributed by atoms with Gasteiger partial charge in [-0.3, -0.25) is 0 Å². The molecule has 1 aliphatic rings. The quantitative estimate of drug-likeness (QED) is 0.862. The Hall–Kier alpha value is -1.02. The van der Waals surface area contributed by atoms with Gasteiger partial charge in [0.25, 0.3) is 0 Å². The van der Waals surface area contributed by atoms with Crippen molar-refractivity contribution in [2.45, 2.75) is 33.2 Å². The molecule has 2 heteroatoms. The third-order valence-electron chi connectivity index (χ3n) is 3.73. The molecular weight excluding hydrogens is 208 g/mol. The van der Waals surface area contributed by atoms with Crippen molar-refractivity contribution in [1.82, 2.24) is 5.32 Å². The van der Waals surface area contributed by atoms with Crippen LogP contribution in [-0.4, -0.2) is 25.7 Å². The zero-order valence-corrected chi connectivity index (χ0v) is 11.2. The van der Waals surface area contributed by atoms with Crippen LogP contribution in [0.1, 0.15) is 26.3 Å². The highest BCUT2D eigenvalue weighted by molar-refractivity contribution is 5.55. The van der Waals surface area contributed by atoms with Crippen LogP contribution in [-0.2, 0) is 6.42 Å². The summed E-state index contributed by atoms with van der Waals surface area (Å²) >= 11 is 0. The van der Waals surface area contributed by atoms with Gasteiger partial charge in [-0.15, -0.1) is 0 Å². The van der Waals surface area contributed by atoms with Crippen LogP contribution in [0.2, 0.25) is 0 Å². The molecule has 94 valence electrons. The number of nitrogens with zero attached hydrogens (tertiary/aromatic N) is 1. The fourth-order valence-corrected chi connectivity index (χ4v) is 2.71. The van der Waals surface area contributed by atoms with Crippen LogP contribution < -0.4 is 10.2 Å². The number of rotatable bonds is 3. The lowest BCUT2D eigenvalue weighted by atomic mass is 9.98. The first-order chi connectivity index (χ1) is 8.24. The molecule has 1 aromatic rings. The van der Waals surface area contributed by atoms with Crippen LogP contribution in [0.5, 0.6) is 0 Å². The lowest BCUT2D eigenvalue weighted by Gasteiger charge is -2.41. The standard InChI is InChI=1S/C15H24N2/c1-4-13-7-5-6-8-14(13)17-10-9-16-11-15(17)12(2)3/h5-8,12,15-16H,4,9-11H2,1-3H3. The third-order valence-corrected chi connectivity index (χ3v) is 3.73. The summed E-state index contributed by atoms with van der Waals surface area (Å²) in [5.74, 6) is 0.688. The second-order valence-corrected chi connectivity index (χ2v) is 5.19. The number of anilines is 1. The Balaban J connectivity index is 2.29. The highest BCUT2D eigenvalue weighted by Gasteiger charge is 2.25. The van der Waals surface area contributed by atoms with E-state index < -0.39 is 0 Å². The summed E-state index contributed by atoms with van der Waals surface area (Å²) < 4.78 is 0. The molecule has 1 N–H and O–H groups in total. The predicted octanol–water partition coefficient (Wildman–Crippen LogP) is 2.68. The highest BCUT2D eigenvalue weighted by Crippen LogP contribution is 2.26. The molecule has 0 aliphatic carbocycles. The first-order valence-corrected chi connectivity index (χ1v) is 6.79. The van der Waals surface area contributed by atoms with Crippen molar-refractivity contribution < 1.29 is 0 Å². The van der Waals surface area contributed by atoms with E-state index in [1.807, 2.05) is 0 Å². The average Bonchev–Trinajstić information content (AvgIpc) is 2.38. The Bertz CT molecular complexity index is 360. The second-order valence-electron chi connectivity index (χ2n) is 5.19. The van der Waals surface area contributed by atoms with Gasteiger partial charge in [0.2, 0.25) is 0 Å². The number of hydrogen-bond donors (Lipinski definition) is 1. The molecule has 1 aliphatic heterocycles. The number of para-hydroxylation sites is 1. The van der Waals surface area contributed by atoms with Crippen molar-refractivity contribution in [3.05, 3.63) is 29.8 Å². The third kappa shape index (κ3) is 2.63. The maximum absolute atomic E-state index is 3.51. The van der Waals surface area contributed by atoms with E-state index in [0.29, 0.717) is 12.0 Å². The molecule has 0 radical (unpaired) electrons. The van der Waals surface area contributed by atoms with Gasteiger partial charge in [-0.25, -0.2) is 0 Å². The van der Waals surface area contributed by atoms with Gasteiger partial charge in [0.05, 0.1) is 0 Å². The van der Waals surface area contributed by atoms with Crippen molar-refractivity contribution in [2.75, 3.05) is 24.5 Å². The van der Waals surface area contributed by atoms with Gasteiger partial charge in [0.15, 0.2) is 0 Å². The number of benzene rings is 1. The van der Waals surface area contributed by atoms with Crippen LogP contribution in [0.3, 0.4) is 0 Å². The molecule has 1 atom stereocenters. The van der Waals surface area contributed by atoms with Crippen LogP contribution in [0.25, 0.3) is 0 Å². The molecule has 1 unspecified atom stereocenters. The van der Waals surface area contributed by atoms with E-state index in [1.54, 1.807) is 0 Å². The second kappa shape index (κ2) is 5.54. The topological polar surface area (TPSA) is 15.3 Å². The lowest BCUT2D eigenvalue weighted by Crippen LogP contribution is -2.54. The lowest BCUT2D eigenvalue weighted by molar-refractivity contribution is 0.390. The van der Waals surface area contributed by atoms with Gasteiger partial charge >= 0.3 is 0 Å². The molecule has 17 heavy (non-hydrogen) atoms. The van der Waals surface area contributed by atoms with Crippen LogP contribution in [0, 0.1) is 5.92 Å². The molecule has 1 saturated heterocycles. The Morgan fingerprint density at radius 2 is 2.12 bits per heavy atom. The minimum atomic E-state index is 0.622. The largest absolute Gasteiger partial charge is 0.366 e. The summed E-state index contributed by atoms with van der Waals surface area (Å²) in [6.45, 7) is 10.2. The average molecular weight is 232 g/mol. The van der Waals surface area contributed by atoms with Crippen molar-refractivity contribution >= 4 is 5.69 Å². The van der Waals surface area contributed by atoms with Crippen LogP contribution in [0.15, 0.2) is 24.3 Å². The molecular formula is C15H24N2. The monoisotopic (exact) mass is 232 g/mol. The molecule has 1 heterocycles. The summed E-state index contributed by atoms with van der Waals surface area (Å²) in [7, 11) is 0. The molecule has 0 bridgehead atoms. The maximum Gasteiger partial charge on any atom is 0.0438 e. The minimum absolute atomic E-state index is 0.622. The highest BCUT2D eigenvalue weighted by atomic mass is 15.2. The molecule has 0 amide bonds. The number of nitrogens with one attached hydrogen (secondary N) is 1. The van der Waals surface area contributed by atoms with Gasteiger partial charge in [0.1, 0.15) is 0 Å². The minimum Gasteiger partial charge on any atom is -0.366 e. The zero-order valence-electron chi connectivity index (χ0n) is 11.2. The van der Waals surface area contributed by atoms with Crippen molar-refractivity contribution in [3.8, 4) is 0 Å². The van der Waals surface area contributed by atoms with E-state index in [2.05, 4.69) is 55.3 Å². The summed E-state index contributed by atoms with van der Waals surface area (Å²) in [6, 6.07) is 9.47. The SMILES string of the molecule is CCc1ccccc1N1CCNCC1C(C)C. The fourth-order valence-electron chi connectivity index (χ4n) is 2.71. The molecule has 1 aromatic carbocycles. The summed E-state index contributed by atoms with van der Waals surface area (Å²) in [4.78, 5) is 2.60. The normalized spacial score (nSPS) is 20.9. The van der Waals surface area contributed by atoms with E-state index in [4.69, 9.17) is 0 Å². The van der Waals surface area contributed by atoms with E-state index >= 15 is 0 Å². The zero-order chi connectivity index (χ0) is 12.3. The molecule has 0 saturated carbocycles. The molecule has 0 aromatic heterocycles. The number of piperazine rings is 1. The van der Waals surface area contributed by atoms with E-state index in [1.165, 1.54) is 11.3 Å². The molecule has 0 spiro atoms. The molecule has 2 nitrogen and oxygen atoms in total. The van der Waals surface area contributed by atoms with Crippen molar-refractivity contribution in [2.24, 2.45) is 5.92 Å². The van der Waals surface area contributed by atoms with E-state index in [9.17, 15) is 0 Å². The maximum atomic E-state index is 3.51. The number of aryl methyl sites for hydroxylation is 1. The van der Waals surface area contributed by atoms with Gasteiger partial charge in [-0.1, -0.05) is 39.0 Å². The van der Waals surface area contributed by atoms with Gasteiger partial charge in [-0.05, 0) is 24.0 Å². The Labute approximate surface area is 105 Å². The molecule has 2 rings (SSSR count). The Morgan fingerprint density at radius 1 is 1.35 bits per heavy atom. The Morgan fingerprint density at radius 3 is 2.82 bits per heavy atom. The van der Waals surface area contributed by atoms with Gasteiger partial charge in [-0.2, -0.15) is 0 Å². The van der Waals surface area contributed by atoms with Gasteiger partial charge < -0.3 is 10.2 Å². The van der Waals surface area contributed by atoms with Crippen molar-refractivity contribution in [1.29, 1.82) is 0 Å². The fraction of sp³-hybridized carbons (Fsp3) is 0.600. The molecule has 1 fully saturated rings. The van der Waals surface area contributed by atoms with Crippen LogP contribution >= 0.6 is 0 Å². The van der Waals surface area contributed by atoms with E-state index in [-0.39, 0.29) is 0 Å². The first-order valence-electron chi connectivity index (χ1n) is 6.79.